The first-order valence-corrected chi connectivity index (χ1v) is 11.5. The lowest BCUT2D eigenvalue weighted by molar-refractivity contribution is -0.156. The molecule has 6 nitrogen and oxygen atoms in total. The number of esters is 1. The van der Waals surface area contributed by atoms with Crippen LogP contribution in [0.5, 0.6) is 0 Å². The first kappa shape index (κ1) is 24.1. The van der Waals surface area contributed by atoms with Gasteiger partial charge < -0.3 is 14.1 Å². The molecule has 0 radical (unpaired) electrons. The van der Waals surface area contributed by atoms with Gasteiger partial charge in [-0.15, -0.1) is 11.8 Å². The van der Waals surface area contributed by atoms with Gasteiger partial charge in [0.25, 0.3) is 0 Å². The number of carbonyl (C=O) groups is 1. The zero-order valence-corrected chi connectivity index (χ0v) is 20.5. The number of anilines is 1. The van der Waals surface area contributed by atoms with E-state index in [4.69, 9.17) is 20.8 Å². The third-order valence-corrected chi connectivity index (χ3v) is 5.82. The SMILES string of the molecule is CC(C)(C)OC(=O)C(C)(C)Sc1ccc(CN(Cc2ccco2)c2cc(Cl)ncn2)cc1. The van der Waals surface area contributed by atoms with E-state index in [9.17, 15) is 4.79 Å². The number of furan rings is 1. The maximum absolute atomic E-state index is 12.6. The summed E-state index contributed by atoms with van der Waals surface area (Å²) in [6.07, 6.45) is 3.10. The summed E-state index contributed by atoms with van der Waals surface area (Å²) >= 11 is 7.56. The fourth-order valence-electron chi connectivity index (χ4n) is 2.93. The number of thioether (sulfide) groups is 1. The maximum atomic E-state index is 12.6. The van der Waals surface area contributed by atoms with Crippen molar-refractivity contribution in [3.8, 4) is 0 Å². The lowest BCUT2D eigenvalue weighted by Crippen LogP contribution is -2.36. The largest absolute Gasteiger partial charge is 0.467 e. The van der Waals surface area contributed by atoms with E-state index in [1.54, 1.807) is 12.3 Å². The maximum Gasteiger partial charge on any atom is 0.322 e. The molecule has 3 rings (SSSR count). The van der Waals surface area contributed by atoms with Crippen LogP contribution in [0.4, 0.5) is 5.82 Å². The lowest BCUT2D eigenvalue weighted by atomic mass is 10.1. The van der Waals surface area contributed by atoms with Crippen molar-refractivity contribution >= 4 is 35.1 Å². The van der Waals surface area contributed by atoms with E-state index in [0.717, 1.165) is 16.2 Å². The highest BCUT2D eigenvalue weighted by Crippen LogP contribution is 2.35. The summed E-state index contributed by atoms with van der Waals surface area (Å²) in [4.78, 5) is 23.9. The topological polar surface area (TPSA) is 68.5 Å². The van der Waals surface area contributed by atoms with Gasteiger partial charge in [0.15, 0.2) is 0 Å². The Kier molecular flexibility index (Phi) is 7.51. The van der Waals surface area contributed by atoms with Crippen molar-refractivity contribution in [3.63, 3.8) is 0 Å². The molecule has 0 unspecified atom stereocenters. The van der Waals surface area contributed by atoms with Crippen molar-refractivity contribution in [2.75, 3.05) is 4.90 Å². The Labute approximate surface area is 198 Å². The monoisotopic (exact) mass is 473 g/mol. The smallest absolute Gasteiger partial charge is 0.322 e. The Balaban J connectivity index is 1.72. The minimum atomic E-state index is -0.697. The molecule has 0 fully saturated rings. The van der Waals surface area contributed by atoms with Gasteiger partial charge in [-0.2, -0.15) is 0 Å². The van der Waals surface area contributed by atoms with Crippen LogP contribution in [-0.2, 0) is 22.6 Å². The van der Waals surface area contributed by atoms with Crippen molar-refractivity contribution in [2.45, 2.75) is 63.0 Å². The molecule has 2 aromatic heterocycles. The molecule has 0 aliphatic rings. The van der Waals surface area contributed by atoms with Gasteiger partial charge in [-0.3, -0.25) is 4.79 Å². The van der Waals surface area contributed by atoms with E-state index in [2.05, 4.69) is 14.9 Å². The molecule has 32 heavy (non-hydrogen) atoms. The minimum Gasteiger partial charge on any atom is -0.467 e. The number of benzene rings is 1. The van der Waals surface area contributed by atoms with Crippen LogP contribution in [-0.4, -0.2) is 26.3 Å². The van der Waals surface area contributed by atoms with Crippen LogP contribution in [0.25, 0.3) is 0 Å². The summed E-state index contributed by atoms with van der Waals surface area (Å²) in [5.74, 6) is 1.31. The third-order valence-electron chi connectivity index (χ3n) is 4.43. The number of carbonyl (C=O) groups excluding carboxylic acids is 1. The van der Waals surface area contributed by atoms with Gasteiger partial charge in [0, 0.05) is 17.5 Å². The minimum absolute atomic E-state index is 0.232. The van der Waals surface area contributed by atoms with Crippen LogP contribution in [0.1, 0.15) is 45.9 Å². The number of hydrogen-bond donors (Lipinski definition) is 0. The van der Waals surface area contributed by atoms with Gasteiger partial charge in [-0.25, -0.2) is 9.97 Å². The van der Waals surface area contributed by atoms with Gasteiger partial charge >= 0.3 is 5.97 Å². The zero-order valence-electron chi connectivity index (χ0n) is 19.0. The number of hydrogen-bond acceptors (Lipinski definition) is 7. The Morgan fingerprint density at radius 3 is 2.41 bits per heavy atom. The summed E-state index contributed by atoms with van der Waals surface area (Å²) in [6.45, 7) is 10.5. The van der Waals surface area contributed by atoms with Gasteiger partial charge in [0.1, 0.15) is 33.4 Å². The van der Waals surface area contributed by atoms with E-state index < -0.39 is 10.3 Å². The predicted octanol–water partition coefficient (Wildman–Crippen LogP) is 6.14. The average Bonchev–Trinajstić information content (AvgIpc) is 3.20. The lowest BCUT2D eigenvalue weighted by Gasteiger charge is -2.28. The molecule has 2 heterocycles. The number of halogens is 1. The molecule has 8 heteroatoms. The van der Waals surface area contributed by atoms with Crippen LogP contribution in [0, 0.1) is 0 Å². The fraction of sp³-hybridized carbons (Fsp3) is 0.375. The van der Waals surface area contributed by atoms with E-state index >= 15 is 0 Å². The fourth-order valence-corrected chi connectivity index (χ4v) is 4.05. The highest BCUT2D eigenvalue weighted by Gasteiger charge is 2.33. The molecule has 0 aliphatic heterocycles. The van der Waals surface area contributed by atoms with E-state index in [0.29, 0.717) is 24.1 Å². The first-order valence-electron chi connectivity index (χ1n) is 10.3. The van der Waals surface area contributed by atoms with Crippen molar-refractivity contribution in [2.24, 2.45) is 0 Å². The van der Waals surface area contributed by atoms with Crippen molar-refractivity contribution < 1.29 is 13.9 Å². The number of ether oxygens (including phenoxy) is 1. The average molecular weight is 474 g/mol. The molecule has 0 saturated carbocycles. The molecule has 1 aromatic carbocycles. The van der Waals surface area contributed by atoms with Gasteiger partial charge in [0.2, 0.25) is 0 Å². The summed E-state index contributed by atoms with van der Waals surface area (Å²) in [7, 11) is 0. The van der Waals surface area contributed by atoms with E-state index in [-0.39, 0.29) is 5.97 Å². The summed E-state index contributed by atoms with van der Waals surface area (Å²) in [5, 5.41) is 0.385. The molecule has 0 aliphatic carbocycles. The number of nitrogens with zero attached hydrogens (tertiary/aromatic N) is 3. The van der Waals surface area contributed by atoms with Gasteiger partial charge in [0.05, 0.1) is 12.8 Å². The summed E-state index contributed by atoms with van der Waals surface area (Å²) in [6, 6.07) is 13.6. The van der Waals surface area contributed by atoms with Crippen LogP contribution in [0.15, 0.2) is 64.4 Å². The molecular formula is C24H28ClN3O3S. The Hall–Kier alpha value is -2.51. The molecular weight excluding hydrogens is 446 g/mol. The quantitative estimate of drug-likeness (QED) is 0.221. The molecule has 0 amide bonds. The van der Waals surface area contributed by atoms with Crippen molar-refractivity contribution in [1.29, 1.82) is 0 Å². The standard InChI is InChI=1S/C24H28ClN3O3S/c1-23(2,3)31-22(29)24(4,5)32-19-10-8-17(9-11-19)14-28(15-18-7-6-12-30-18)21-13-20(25)26-16-27-21/h6-13,16H,14-15H2,1-5H3. The number of rotatable bonds is 8. The summed E-state index contributed by atoms with van der Waals surface area (Å²) in [5.41, 5.74) is 0.575. The molecule has 0 atom stereocenters. The number of aromatic nitrogens is 2. The van der Waals surface area contributed by atoms with E-state index in [1.165, 1.54) is 18.1 Å². The molecule has 0 saturated heterocycles. The second kappa shape index (κ2) is 9.96. The third kappa shape index (κ3) is 7.00. The van der Waals surface area contributed by atoms with Crippen LogP contribution >= 0.6 is 23.4 Å². The Bertz CT molecular complexity index is 1030. The van der Waals surface area contributed by atoms with Crippen LogP contribution < -0.4 is 4.90 Å². The van der Waals surface area contributed by atoms with Crippen LogP contribution in [0.2, 0.25) is 5.15 Å². The van der Waals surface area contributed by atoms with Crippen molar-refractivity contribution in [3.05, 3.63) is 71.5 Å². The molecule has 0 N–H and O–H groups in total. The molecule has 0 bridgehead atoms. The van der Waals surface area contributed by atoms with Crippen molar-refractivity contribution in [1.82, 2.24) is 9.97 Å². The second-order valence-electron chi connectivity index (χ2n) is 8.89. The zero-order chi connectivity index (χ0) is 23.4. The van der Waals surface area contributed by atoms with E-state index in [1.807, 2.05) is 71.0 Å². The molecule has 3 aromatic rings. The summed E-state index contributed by atoms with van der Waals surface area (Å²) < 4.78 is 10.4. The molecule has 0 spiro atoms. The van der Waals surface area contributed by atoms with Gasteiger partial charge in [-0.05, 0) is 64.4 Å². The highest BCUT2D eigenvalue weighted by molar-refractivity contribution is 8.01. The van der Waals surface area contributed by atoms with Crippen LogP contribution in [0.3, 0.4) is 0 Å². The van der Waals surface area contributed by atoms with Gasteiger partial charge in [-0.1, -0.05) is 23.7 Å². The predicted molar refractivity (Wildman–Crippen MR) is 128 cm³/mol. The Morgan fingerprint density at radius 1 is 1.09 bits per heavy atom. The highest BCUT2D eigenvalue weighted by atomic mass is 35.5. The molecule has 170 valence electrons. The second-order valence-corrected chi connectivity index (χ2v) is 11.0. The Morgan fingerprint density at radius 2 is 1.81 bits per heavy atom. The normalized spacial score (nSPS) is 11.9. The first-order chi connectivity index (χ1) is 15.0.